The highest BCUT2D eigenvalue weighted by molar-refractivity contribution is 7.99. The number of nitrogens with zero attached hydrogens (tertiary/aromatic N) is 2. The lowest BCUT2D eigenvalue weighted by Gasteiger charge is -2.22. The first kappa shape index (κ1) is 14.7. The number of hydrogen-bond donors (Lipinski definition) is 0. The lowest BCUT2D eigenvalue weighted by atomic mass is 10.1. The van der Waals surface area contributed by atoms with Crippen LogP contribution in [0.5, 0.6) is 0 Å². The predicted molar refractivity (Wildman–Crippen MR) is 91.2 cm³/mol. The molecule has 0 bridgehead atoms. The fraction of sp³-hybridized carbons (Fsp3) is 0.471. The van der Waals surface area contributed by atoms with Gasteiger partial charge in [0.2, 0.25) is 0 Å². The molecule has 1 fully saturated rings. The summed E-state index contributed by atoms with van der Waals surface area (Å²) in [5.41, 5.74) is 1.34. The van der Waals surface area contributed by atoms with Crippen LogP contribution in [0.15, 0.2) is 30.5 Å². The molecule has 1 aliphatic heterocycles. The second-order valence-electron chi connectivity index (χ2n) is 5.67. The molecule has 1 saturated heterocycles. The fourth-order valence-corrected chi connectivity index (χ4v) is 3.93. The van der Waals surface area contributed by atoms with Crippen LogP contribution in [0.25, 0.3) is 10.8 Å². The van der Waals surface area contributed by atoms with E-state index in [4.69, 9.17) is 4.74 Å². The zero-order chi connectivity index (χ0) is 14.7. The van der Waals surface area contributed by atoms with Crippen molar-refractivity contribution in [3.05, 3.63) is 36.0 Å². The van der Waals surface area contributed by atoms with Crippen LogP contribution in [0, 0.1) is 0 Å². The summed E-state index contributed by atoms with van der Waals surface area (Å²) in [6.07, 6.45) is 4.39. The topological polar surface area (TPSA) is 25.4 Å². The van der Waals surface area contributed by atoms with Crippen molar-refractivity contribution >= 4 is 28.4 Å². The van der Waals surface area contributed by atoms with Crippen molar-refractivity contribution in [3.63, 3.8) is 0 Å². The van der Waals surface area contributed by atoms with Crippen LogP contribution < -0.4 is 4.90 Å². The first-order valence-electron chi connectivity index (χ1n) is 7.49. The van der Waals surface area contributed by atoms with Gasteiger partial charge in [-0.15, -0.1) is 0 Å². The highest BCUT2D eigenvalue weighted by Gasteiger charge is 2.15. The third-order valence-electron chi connectivity index (χ3n) is 3.92. The fourth-order valence-electron chi connectivity index (χ4n) is 2.76. The molecule has 0 atom stereocenters. The van der Waals surface area contributed by atoms with Crippen LogP contribution in [0.2, 0.25) is 0 Å². The quantitative estimate of drug-likeness (QED) is 0.859. The Hall–Kier alpha value is -1.26. The summed E-state index contributed by atoms with van der Waals surface area (Å²) in [6.45, 7) is 1.83. The summed E-state index contributed by atoms with van der Waals surface area (Å²) >= 11 is 2.05. The Morgan fingerprint density at radius 3 is 2.62 bits per heavy atom. The molecule has 1 aromatic heterocycles. The molecule has 2 heterocycles. The predicted octanol–water partition coefficient (Wildman–Crippen LogP) is 3.71. The maximum atomic E-state index is 5.43. The number of hydrogen-bond acceptors (Lipinski definition) is 4. The molecule has 21 heavy (non-hydrogen) atoms. The second kappa shape index (κ2) is 6.67. The van der Waals surface area contributed by atoms with Crippen LogP contribution in [-0.2, 0) is 10.5 Å². The molecule has 1 aromatic carbocycles. The van der Waals surface area contributed by atoms with Crippen LogP contribution >= 0.6 is 11.8 Å². The van der Waals surface area contributed by atoms with Crippen LogP contribution in [0.1, 0.15) is 18.4 Å². The Kier molecular flexibility index (Phi) is 4.66. The molecule has 0 N–H and O–H groups in total. The molecule has 112 valence electrons. The molecule has 0 amide bonds. The third kappa shape index (κ3) is 3.33. The van der Waals surface area contributed by atoms with Crippen molar-refractivity contribution < 1.29 is 4.74 Å². The molecule has 0 aliphatic carbocycles. The summed E-state index contributed by atoms with van der Waals surface area (Å²) in [5, 5.41) is 3.30. The highest BCUT2D eigenvalue weighted by Crippen LogP contribution is 2.31. The zero-order valence-electron chi connectivity index (χ0n) is 12.7. The summed E-state index contributed by atoms with van der Waals surface area (Å²) < 4.78 is 5.43. The van der Waals surface area contributed by atoms with E-state index in [9.17, 15) is 0 Å². The largest absolute Gasteiger partial charge is 0.381 e. The first-order valence-corrected chi connectivity index (χ1v) is 8.54. The smallest absolute Gasteiger partial charge is 0.135 e. The molecule has 0 saturated carbocycles. The van der Waals surface area contributed by atoms with Crippen LogP contribution in [0.4, 0.5) is 5.82 Å². The van der Waals surface area contributed by atoms with Gasteiger partial charge < -0.3 is 9.64 Å². The molecule has 0 spiro atoms. The van der Waals surface area contributed by atoms with Gasteiger partial charge in [-0.2, -0.15) is 11.8 Å². The van der Waals surface area contributed by atoms with Gasteiger partial charge in [0.15, 0.2) is 0 Å². The van der Waals surface area contributed by atoms with E-state index in [-0.39, 0.29) is 0 Å². The van der Waals surface area contributed by atoms with Crippen molar-refractivity contribution in [1.82, 2.24) is 4.98 Å². The van der Waals surface area contributed by atoms with Gasteiger partial charge in [-0.25, -0.2) is 4.98 Å². The Bertz CT molecular complexity index is 609. The van der Waals surface area contributed by atoms with E-state index in [1.165, 1.54) is 29.2 Å². The third-order valence-corrected chi connectivity index (χ3v) is 5.34. The standard InChI is InChI=1S/C17H22N2OS/c1-19(2)17-16-6-4-3-5-15(16)13(11-18-17)12-21-14-7-9-20-10-8-14/h3-6,11,14H,7-10,12H2,1-2H3. The Morgan fingerprint density at radius 1 is 1.19 bits per heavy atom. The number of rotatable bonds is 4. The molecule has 0 unspecified atom stereocenters. The van der Waals surface area contributed by atoms with E-state index in [0.717, 1.165) is 30.0 Å². The highest BCUT2D eigenvalue weighted by atomic mass is 32.2. The zero-order valence-corrected chi connectivity index (χ0v) is 13.5. The van der Waals surface area contributed by atoms with Crippen molar-refractivity contribution in [2.24, 2.45) is 0 Å². The average molecular weight is 302 g/mol. The minimum atomic E-state index is 0.728. The maximum Gasteiger partial charge on any atom is 0.135 e. The van der Waals surface area contributed by atoms with Crippen molar-refractivity contribution in [2.45, 2.75) is 23.8 Å². The van der Waals surface area contributed by atoms with Gasteiger partial charge in [0.25, 0.3) is 0 Å². The second-order valence-corrected chi connectivity index (χ2v) is 6.96. The van der Waals surface area contributed by atoms with E-state index in [2.05, 4.69) is 34.1 Å². The van der Waals surface area contributed by atoms with E-state index in [1.54, 1.807) is 0 Å². The number of ether oxygens (including phenoxy) is 1. The average Bonchev–Trinajstić information content (AvgIpc) is 2.53. The van der Waals surface area contributed by atoms with E-state index < -0.39 is 0 Å². The Morgan fingerprint density at radius 2 is 1.90 bits per heavy atom. The van der Waals surface area contributed by atoms with Gasteiger partial charge in [0.1, 0.15) is 5.82 Å². The van der Waals surface area contributed by atoms with Gasteiger partial charge in [0, 0.05) is 49.9 Å². The van der Waals surface area contributed by atoms with Gasteiger partial charge in [0.05, 0.1) is 0 Å². The molecular formula is C17H22N2OS. The monoisotopic (exact) mass is 302 g/mol. The lowest BCUT2D eigenvalue weighted by Crippen LogP contribution is -2.17. The number of pyridine rings is 1. The Labute approximate surface area is 130 Å². The van der Waals surface area contributed by atoms with Crippen LogP contribution in [-0.4, -0.2) is 37.5 Å². The normalized spacial score (nSPS) is 16.3. The minimum Gasteiger partial charge on any atom is -0.381 e. The van der Waals surface area contributed by atoms with Gasteiger partial charge in [-0.3, -0.25) is 0 Å². The van der Waals surface area contributed by atoms with Gasteiger partial charge >= 0.3 is 0 Å². The molecule has 3 rings (SSSR count). The van der Waals surface area contributed by atoms with Crippen molar-refractivity contribution in [1.29, 1.82) is 0 Å². The molecule has 0 radical (unpaired) electrons. The van der Waals surface area contributed by atoms with Crippen LogP contribution in [0.3, 0.4) is 0 Å². The van der Waals surface area contributed by atoms with E-state index >= 15 is 0 Å². The van der Waals surface area contributed by atoms with E-state index in [1.807, 2.05) is 32.1 Å². The summed E-state index contributed by atoms with van der Waals surface area (Å²) in [6, 6.07) is 8.58. The number of thioether (sulfide) groups is 1. The number of benzene rings is 1. The SMILES string of the molecule is CN(C)c1ncc(CSC2CCOCC2)c2ccccc12. The van der Waals surface area contributed by atoms with Gasteiger partial charge in [-0.05, 0) is 23.8 Å². The first-order chi connectivity index (χ1) is 10.3. The van der Waals surface area contributed by atoms with Gasteiger partial charge in [-0.1, -0.05) is 24.3 Å². The summed E-state index contributed by atoms with van der Waals surface area (Å²) in [4.78, 5) is 6.74. The molecule has 1 aliphatic rings. The molecule has 2 aromatic rings. The lowest BCUT2D eigenvalue weighted by molar-refractivity contribution is 0.1000. The minimum absolute atomic E-state index is 0.728. The number of anilines is 1. The molecular weight excluding hydrogens is 280 g/mol. The molecule has 3 nitrogen and oxygen atoms in total. The number of fused-ring (bicyclic) bond motifs is 1. The summed E-state index contributed by atoms with van der Waals surface area (Å²) in [7, 11) is 4.09. The Balaban J connectivity index is 1.83. The molecule has 4 heteroatoms. The summed E-state index contributed by atoms with van der Waals surface area (Å²) in [5.74, 6) is 2.08. The van der Waals surface area contributed by atoms with Crippen molar-refractivity contribution in [2.75, 3.05) is 32.2 Å². The number of aromatic nitrogens is 1. The van der Waals surface area contributed by atoms with Crippen molar-refractivity contribution in [3.8, 4) is 0 Å². The maximum absolute atomic E-state index is 5.43. The van der Waals surface area contributed by atoms with E-state index in [0.29, 0.717) is 0 Å².